The van der Waals surface area contributed by atoms with Gasteiger partial charge in [0.05, 0.1) is 36.5 Å². The first kappa shape index (κ1) is 26.5. The van der Waals surface area contributed by atoms with Crippen molar-refractivity contribution in [3.8, 4) is 11.5 Å². The van der Waals surface area contributed by atoms with E-state index in [2.05, 4.69) is 35.3 Å². The average Bonchev–Trinajstić information content (AvgIpc) is 3.32. The van der Waals surface area contributed by atoms with E-state index in [4.69, 9.17) is 14.2 Å². The van der Waals surface area contributed by atoms with Crippen LogP contribution >= 0.6 is 11.3 Å². The van der Waals surface area contributed by atoms with Gasteiger partial charge >= 0.3 is 5.97 Å². The van der Waals surface area contributed by atoms with E-state index in [0.29, 0.717) is 39.6 Å². The number of benzene rings is 4. The van der Waals surface area contributed by atoms with E-state index in [1.54, 1.807) is 10.6 Å². The number of rotatable bonds is 7. The summed E-state index contributed by atoms with van der Waals surface area (Å²) in [7, 11) is 1.32. The normalized spacial score (nSPS) is 14.9. The number of esters is 1. The molecule has 2 heterocycles. The molecule has 0 fully saturated rings. The summed E-state index contributed by atoms with van der Waals surface area (Å²) in [5.74, 6) is 0.578. The number of thiazole rings is 1. The number of nitrogens with zero attached hydrogens (tertiary/aromatic N) is 2. The van der Waals surface area contributed by atoms with E-state index in [1.807, 2.05) is 56.3 Å². The molecule has 1 aliphatic rings. The third-order valence-corrected chi connectivity index (χ3v) is 8.09. The molecule has 0 aliphatic carbocycles. The van der Waals surface area contributed by atoms with Gasteiger partial charge in [-0.3, -0.25) is 9.36 Å². The van der Waals surface area contributed by atoms with Crippen LogP contribution in [0.5, 0.6) is 11.5 Å². The van der Waals surface area contributed by atoms with Gasteiger partial charge < -0.3 is 14.2 Å². The highest BCUT2D eigenvalue weighted by Gasteiger charge is 2.31. The minimum atomic E-state index is -0.750. The van der Waals surface area contributed by atoms with E-state index in [1.165, 1.54) is 24.6 Å². The Kier molecular flexibility index (Phi) is 7.15. The Morgan fingerprint density at radius 1 is 0.927 bits per heavy atom. The Labute approximate surface area is 240 Å². The maximum atomic E-state index is 14.2. The second kappa shape index (κ2) is 11.1. The summed E-state index contributed by atoms with van der Waals surface area (Å²) in [5.41, 5.74) is 1.67. The molecular weight excluding hydrogens is 536 g/mol. The molecule has 0 saturated carbocycles. The molecule has 5 aromatic rings. The second-order valence-electron chi connectivity index (χ2n) is 9.48. The number of hydrogen-bond acceptors (Lipinski definition) is 7. The molecule has 0 N–H and O–H groups in total. The fraction of sp³-hybridized carbons (Fsp3) is 0.182. The van der Waals surface area contributed by atoms with Crippen LogP contribution in [0.25, 0.3) is 27.6 Å². The van der Waals surface area contributed by atoms with Gasteiger partial charge in [-0.1, -0.05) is 65.9 Å². The van der Waals surface area contributed by atoms with Crippen LogP contribution in [0, 0.1) is 0 Å². The van der Waals surface area contributed by atoms with Crippen LogP contribution in [0.1, 0.15) is 31.0 Å². The Morgan fingerprint density at radius 2 is 1.59 bits per heavy atom. The van der Waals surface area contributed by atoms with Crippen LogP contribution in [0.4, 0.5) is 0 Å². The quantitative estimate of drug-likeness (QED) is 0.203. The third-order valence-electron chi connectivity index (χ3n) is 7.10. The number of methoxy groups -OCH3 is 1. The maximum Gasteiger partial charge on any atom is 0.337 e. The van der Waals surface area contributed by atoms with E-state index in [0.717, 1.165) is 27.1 Å². The summed E-state index contributed by atoms with van der Waals surface area (Å²) >= 11 is 1.30. The first-order valence-corrected chi connectivity index (χ1v) is 14.2. The van der Waals surface area contributed by atoms with Gasteiger partial charge in [-0.25, -0.2) is 9.79 Å². The lowest BCUT2D eigenvalue weighted by molar-refractivity contribution is -0.136. The molecule has 0 amide bonds. The molecule has 1 aromatic heterocycles. The largest absolute Gasteiger partial charge is 0.490 e. The van der Waals surface area contributed by atoms with Crippen LogP contribution < -0.4 is 24.4 Å². The van der Waals surface area contributed by atoms with E-state index < -0.39 is 12.0 Å². The Balaban J connectivity index is 1.59. The summed E-state index contributed by atoms with van der Waals surface area (Å²) in [5, 5.41) is 4.29. The standard InChI is InChI=1S/C33H28N2O5S/c1-4-39-27-15-14-22(17-28(27)40-5-2)30-26(32(37)38-3)19-34-33-35(30)31(36)29(41-33)18-25-23-12-8-6-10-20(23)16-21-11-7-9-13-24(21)25/h6-19,30H,4-5H2,1-3H3/b29-18-/t30-/m0/s1. The highest BCUT2D eigenvalue weighted by molar-refractivity contribution is 7.07. The zero-order valence-corrected chi connectivity index (χ0v) is 23.7. The molecule has 0 saturated heterocycles. The van der Waals surface area contributed by atoms with Crippen molar-refractivity contribution in [3.05, 3.63) is 115 Å². The van der Waals surface area contributed by atoms with Gasteiger partial charge in [0.15, 0.2) is 16.3 Å². The van der Waals surface area contributed by atoms with Crippen LogP contribution in [-0.4, -0.2) is 30.9 Å². The van der Waals surface area contributed by atoms with Gasteiger partial charge in [0.1, 0.15) is 0 Å². The zero-order valence-electron chi connectivity index (χ0n) is 22.9. The molecule has 6 rings (SSSR count). The van der Waals surface area contributed by atoms with Gasteiger partial charge in [0.25, 0.3) is 5.56 Å². The summed E-state index contributed by atoms with van der Waals surface area (Å²) in [4.78, 5) is 32.1. The number of fused-ring (bicyclic) bond motifs is 3. The zero-order chi connectivity index (χ0) is 28.5. The van der Waals surface area contributed by atoms with Crippen molar-refractivity contribution in [2.24, 2.45) is 4.99 Å². The summed E-state index contributed by atoms with van der Waals surface area (Å²) in [6.45, 7) is 4.71. The van der Waals surface area contributed by atoms with Crippen molar-refractivity contribution in [3.63, 3.8) is 0 Å². The number of ether oxygens (including phenoxy) is 3. The van der Waals surface area contributed by atoms with Gasteiger partial charge in [0.2, 0.25) is 0 Å². The molecule has 7 nitrogen and oxygen atoms in total. The molecule has 0 unspecified atom stereocenters. The minimum absolute atomic E-state index is 0.239. The van der Waals surface area contributed by atoms with Crippen LogP contribution in [0.15, 0.2) is 94.4 Å². The first-order valence-electron chi connectivity index (χ1n) is 13.4. The molecule has 1 atom stereocenters. The monoisotopic (exact) mass is 564 g/mol. The molecular formula is C33H28N2O5S. The van der Waals surface area contributed by atoms with E-state index >= 15 is 0 Å². The van der Waals surface area contributed by atoms with Gasteiger partial charge in [0, 0.05) is 6.20 Å². The summed E-state index contributed by atoms with van der Waals surface area (Å²) in [6, 6.07) is 23.2. The topological polar surface area (TPSA) is 79.1 Å². The molecule has 1 aliphatic heterocycles. The Morgan fingerprint density at radius 3 is 2.24 bits per heavy atom. The van der Waals surface area contributed by atoms with Gasteiger partial charge in [-0.2, -0.15) is 0 Å². The predicted molar refractivity (Wildman–Crippen MR) is 161 cm³/mol. The van der Waals surface area contributed by atoms with E-state index in [-0.39, 0.29) is 11.1 Å². The molecule has 0 spiro atoms. The fourth-order valence-electron chi connectivity index (χ4n) is 5.32. The van der Waals surface area contributed by atoms with Crippen molar-refractivity contribution < 1.29 is 19.0 Å². The highest BCUT2D eigenvalue weighted by atomic mass is 32.1. The maximum absolute atomic E-state index is 14.2. The number of hydrogen-bond donors (Lipinski definition) is 0. The Bertz CT molecular complexity index is 1970. The third kappa shape index (κ3) is 4.70. The Hall–Kier alpha value is -4.69. The van der Waals surface area contributed by atoms with Gasteiger partial charge in [-0.05, 0) is 70.8 Å². The van der Waals surface area contributed by atoms with Crippen LogP contribution in [-0.2, 0) is 9.53 Å². The summed E-state index contributed by atoms with van der Waals surface area (Å²) < 4.78 is 18.8. The molecule has 8 heteroatoms. The fourth-order valence-corrected chi connectivity index (χ4v) is 6.27. The SMILES string of the molecule is CCOc1ccc([C@H]2C(C(=O)OC)=CN=c3s/c(=C\c4c5ccccc5cc5ccccc45)c(=O)n32)cc1OCC. The average molecular weight is 565 g/mol. The number of carbonyl (C=O) groups excluding carboxylic acids is 1. The lowest BCUT2D eigenvalue weighted by atomic mass is 9.96. The predicted octanol–water partition coefficient (Wildman–Crippen LogP) is 5.12. The molecule has 0 radical (unpaired) electrons. The second-order valence-corrected chi connectivity index (χ2v) is 10.5. The molecule has 41 heavy (non-hydrogen) atoms. The minimum Gasteiger partial charge on any atom is -0.490 e. The van der Waals surface area contributed by atoms with Crippen LogP contribution in [0.2, 0.25) is 0 Å². The first-order chi connectivity index (χ1) is 20.0. The smallest absolute Gasteiger partial charge is 0.337 e. The molecule has 206 valence electrons. The van der Waals surface area contributed by atoms with Crippen molar-refractivity contribution in [1.82, 2.24) is 4.57 Å². The van der Waals surface area contributed by atoms with Gasteiger partial charge in [-0.15, -0.1) is 0 Å². The van der Waals surface area contributed by atoms with Crippen molar-refractivity contribution in [2.45, 2.75) is 19.9 Å². The highest BCUT2D eigenvalue weighted by Crippen LogP contribution is 2.35. The lowest BCUT2D eigenvalue weighted by Gasteiger charge is -2.23. The number of aromatic nitrogens is 1. The van der Waals surface area contributed by atoms with E-state index in [9.17, 15) is 9.59 Å². The lowest BCUT2D eigenvalue weighted by Crippen LogP contribution is -2.39. The van der Waals surface area contributed by atoms with Crippen molar-refractivity contribution >= 4 is 44.9 Å². The number of carbonyl (C=O) groups is 1. The van der Waals surface area contributed by atoms with Crippen molar-refractivity contribution in [1.29, 1.82) is 0 Å². The van der Waals surface area contributed by atoms with Crippen molar-refractivity contribution in [2.75, 3.05) is 20.3 Å². The van der Waals surface area contributed by atoms with Crippen LogP contribution in [0.3, 0.4) is 0 Å². The molecule has 0 bridgehead atoms. The molecule has 4 aromatic carbocycles. The summed E-state index contributed by atoms with van der Waals surface area (Å²) in [6.07, 6.45) is 3.44.